The molecule has 1 unspecified atom stereocenters. The van der Waals surface area contributed by atoms with Crippen LogP contribution in [0.3, 0.4) is 0 Å². The zero-order valence-corrected chi connectivity index (χ0v) is 22.8. The molecule has 1 amide bonds. The molecule has 0 aromatic heterocycles. The van der Waals surface area contributed by atoms with Gasteiger partial charge in [0.1, 0.15) is 23.9 Å². The number of carbonyl (C=O) groups is 2. The minimum atomic E-state index is -0.761. The number of hydrogen-bond acceptors (Lipinski definition) is 6. The van der Waals surface area contributed by atoms with Crippen LogP contribution in [-0.4, -0.2) is 48.6 Å². The summed E-state index contributed by atoms with van der Waals surface area (Å²) in [5.74, 6) is 0.0706. The van der Waals surface area contributed by atoms with E-state index in [0.29, 0.717) is 41.8 Å². The van der Waals surface area contributed by atoms with Crippen LogP contribution in [0.15, 0.2) is 78.4 Å². The highest BCUT2D eigenvalue weighted by Crippen LogP contribution is 2.40. The van der Waals surface area contributed by atoms with Crippen molar-refractivity contribution in [3.63, 3.8) is 0 Å². The van der Waals surface area contributed by atoms with Gasteiger partial charge in [-0.2, -0.15) is 0 Å². The third kappa shape index (κ3) is 6.67. The van der Waals surface area contributed by atoms with Gasteiger partial charge in [0.2, 0.25) is 0 Å². The molecule has 3 aromatic rings. The molecule has 7 nitrogen and oxygen atoms in total. The molecule has 0 bridgehead atoms. The molecule has 1 N–H and O–H groups in total. The highest BCUT2D eigenvalue weighted by Gasteiger charge is 2.45. The van der Waals surface area contributed by atoms with Crippen LogP contribution in [0.1, 0.15) is 42.1 Å². The Labute approximate surface area is 229 Å². The summed E-state index contributed by atoms with van der Waals surface area (Å²) < 4.78 is 16.8. The van der Waals surface area contributed by atoms with Crippen LogP contribution < -0.4 is 9.47 Å². The highest BCUT2D eigenvalue weighted by atomic mass is 16.5. The zero-order valence-electron chi connectivity index (χ0n) is 22.8. The minimum absolute atomic E-state index is 0.0419. The van der Waals surface area contributed by atoms with E-state index in [9.17, 15) is 14.7 Å². The largest absolute Gasteiger partial charge is 0.507 e. The van der Waals surface area contributed by atoms with E-state index in [-0.39, 0.29) is 24.5 Å². The standard InChI is InChI=1S/C32H35NO6/c1-21(2)19-38-26-15-11-25(12-16-26)30(34)28-29(33(17-18-37-4)32(36)31(28)35)24-9-13-27(14-10-24)39-20-23-7-5-22(3)6-8-23/h5-16,21,29,34H,17-20H2,1-4H3/b30-28-. The van der Waals surface area contributed by atoms with E-state index in [4.69, 9.17) is 14.2 Å². The number of rotatable bonds is 11. The van der Waals surface area contributed by atoms with E-state index in [1.165, 1.54) is 17.6 Å². The zero-order chi connectivity index (χ0) is 27.9. The van der Waals surface area contributed by atoms with Crippen molar-refractivity contribution >= 4 is 17.4 Å². The predicted octanol–water partition coefficient (Wildman–Crippen LogP) is 5.68. The lowest BCUT2D eigenvalue weighted by Gasteiger charge is -2.25. The van der Waals surface area contributed by atoms with Crippen LogP contribution in [-0.2, 0) is 20.9 Å². The maximum Gasteiger partial charge on any atom is 0.295 e. The van der Waals surface area contributed by atoms with E-state index in [2.05, 4.69) is 13.8 Å². The Morgan fingerprint density at radius 2 is 1.51 bits per heavy atom. The molecule has 0 spiro atoms. The van der Waals surface area contributed by atoms with Gasteiger partial charge in [0, 0.05) is 19.2 Å². The molecule has 1 fully saturated rings. The van der Waals surface area contributed by atoms with Crippen LogP contribution in [0.25, 0.3) is 5.76 Å². The van der Waals surface area contributed by atoms with Gasteiger partial charge >= 0.3 is 0 Å². The number of Topliss-reactive ketones (excluding diaryl/α,β-unsaturated/α-hetero) is 1. The minimum Gasteiger partial charge on any atom is -0.507 e. The number of hydrogen-bond donors (Lipinski definition) is 1. The molecule has 1 atom stereocenters. The molecule has 7 heteroatoms. The highest BCUT2D eigenvalue weighted by molar-refractivity contribution is 6.46. The topological polar surface area (TPSA) is 85.3 Å². The summed E-state index contributed by atoms with van der Waals surface area (Å²) in [6, 6.07) is 21.5. The lowest BCUT2D eigenvalue weighted by molar-refractivity contribution is -0.140. The summed E-state index contributed by atoms with van der Waals surface area (Å²) in [4.78, 5) is 27.6. The van der Waals surface area contributed by atoms with Crippen molar-refractivity contribution in [2.45, 2.75) is 33.4 Å². The first-order chi connectivity index (χ1) is 18.8. The second-order valence-electron chi connectivity index (χ2n) is 10.1. The second-order valence-corrected chi connectivity index (χ2v) is 10.1. The van der Waals surface area contributed by atoms with Gasteiger partial charge in [0.25, 0.3) is 11.7 Å². The van der Waals surface area contributed by atoms with Gasteiger partial charge < -0.3 is 24.2 Å². The number of methoxy groups -OCH3 is 1. The molecule has 1 aliphatic rings. The Morgan fingerprint density at radius 3 is 2.13 bits per heavy atom. The van der Waals surface area contributed by atoms with Gasteiger partial charge in [-0.05, 0) is 60.4 Å². The fourth-order valence-corrected chi connectivity index (χ4v) is 4.37. The van der Waals surface area contributed by atoms with Gasteiger partial charge in [-0.15, -0.1) is 0 Å². The molecule has 39 heavy (non-hydrogen) atoms. The molecule has 1 aliphatic heterocycles. The smallest absolute Gasteiger partial charge is 0.295 e. The Hall–Kier alpha value is -4.10. The number of aliphatic hydroxyl groups is 1. The molecule has 1 heterocycles. The van der Waals surface area contributed by atoms with Gasteiger partial charge in [-0.1, -0.05) is 55.8 Å². The Balaban J connectivity index is 1.62. The summed E-state index contributed by atoms with van der Waals surface area (Å²) in [7, 11) is 1.54. The SMILES string of the molecule is COCCN1C(=O)C(=O)/C(=C(\O)c2ccc(OCC(C)C)cc2)C1c1ccc(OCc2ccc(C)cc2)cc1. The number of aliphatic hydroxyl groups excluding tert-OH is 1. The average Bonchev–Trinajstić information content (AvgIpc) is 3.19. The monoisotopic (exact) mass is 529 g/mol. The second kappa shape index (κ2) is 12.6. The predicted molar refractivity (Wildman–Crippen MR) is 150 cm³/mol. The first-order valence-corrected chi connectivity index (χ1v) is 13.1. The Bertz CT molecular complexity index is 1310. The van der Waals surface area contributed by atoms with Crippen molar-refractivity contribution < 1.29 is 28.9 Å². The number of benzene rings is 3. The van der Waals surface area contributed by atoms with Crippen LogP contribution in [0, 0.1) is 12.8 Å². The van der Waals surface area contributed by atoms with Crippen molar-refractivity contribution in [1.82, 2.24) is 4.90 Å². The maximum absolute atomic E-state index is 13.2. The van der Waals surface area contributed by atoms with E-state index in [0.717, 1.165) is 5.56 Å². The molecule has 204 valence electrons. The number of likely N-dealkylation sites (tertiary alicyclic amines) is 1. The van der Waals surface area contributed by atoms with Gasteiger partial charge in [-0.3, -0.25) is 9.59 Å². The first-order valence-electron chi connectivity index (χ1n) is 13.1. The van der Waals surface area contributed by atoms with Crippen molar-refractivity contribution in [2.24, 2.45) is 5.92 Å². The molecular weight excluding hydrogens is 494 g/mol. The van der Waals surface area contributed by atoms with Crippen molar-refractivity contribution in [3.8, 4) is 11.5 Å². The average molecular weight is 530 g/mol. The van der Waals surface area contributed by atoms with Crippen LogP contribution in [0.4, 0.5) is 0 Å². The number of ether oxygens (including phenoxy) is 3. The molecule has 4 rings (SSSR count). The molecule has 3 aromatic carbocycles. The van der Waals surface area contributed by atoms with Crippen LogP contribution in [0.2, 0.25) is 0 Å². The van der Waals surface area contributed by atoms with Gasteiger partial charge in [0.15, 0.2) is 0 Å². The first kappa shape index (κ1) is 27.9. The number of aryl methyl sites for hydroxylation is 1. The molecule has 1 saturated heterocycles. The Kier molecular flexibility index (Phi) is 9.04. The summed E-state index contributed by atoms with van der Waals surface area (Å²) in [6.45, 7) is 7.61. The van der Waals surface area contributed by atoms with Crippen molar-refractivity contribution in [3.05, 3.63) is 101 Å². The number of ketones is 1. The number of nitrogens with zero attached hydrogens (tertiary/aromatic N) is 1. The molecule has 0 saturated carbocycles. The van der Waals surface area contributed by atoms with Gasteiger partial charge in [-0.25, -0.2) is 0 Å². The molecule has 0 radical (unpaired) electrons. The van der Waals surface area contributed by atoms with E-state index in [1.54, 1.807) is 36.4 Å². The molecular formula is C32H35NO6. The van der Waals surface area contributed by atoms with Crippen LogP contribution >= 0.6 is 0 Å². The van der Waals surface area contributed by atoms with E-state index < -0.39 is 17.7 Å². The van der Waals surface area contributed by atoms with E-state index >= 15 is 0 Å². The van der Waals surface area contributed by atoms with E-state index in [1.807, 2.05) is 43.3 Å². The maximum atomic E-state index is 13.2. The quantitative estimate of drug-likeness (QED) is 0.196. The fraction of sp³-hybridized carbons (Fsp3) is 0.312. The summed E-state index contributed by atoms with van der Waals surface area (Å²) in [5, 5.41) is 11.3. The number of amides is 1. The fourth-order valence-electron chi connectivity index (χ4n) is 4.37. The van der Waals surface area contributed by atoms with Gasteiger partial charge in [0.05, 0.1) is 24.8 Å². The summed E-state index contributed by atoms with van der Waals surface area (Å²) >= 11 is 0. The van der Waals surface area contributed by atoms with Crippen LogP contribution in [0.5, 0.6) is 11.5 Å². The lowest BCUT2D eigenvalue weighted by Crippen LogP contribution is -2.32. The summed E-state index contributed by atoms with van der Waals surface area (Å²) in [5.41, 5.74) is 3.40. The molecule has 0 aliphatic carbocycles. The number of carbonyl (C=O) groups excluding carboxylic acids is 2. The Morgan fingerprint density at radius 1 is 0.897 bits per heavy atom. The van der Waals surface area contributed by atoms with Crippen molar-refractivity contribution in [1.29, 1.82) is 0 Å². The third-order valence-electron chi connectivity index (χ3n) is 6.51. The third-order valence-corrected chi connectivity index (χ3v) is 6.51. The summed E-state index contributed by atoms with van der Waals surface area (Å²) in [6.07, 6.45) is 0. The lowest BCUT2D eigenvalue weighted by atomic mass is 9.95. The van der Waals surface area contributed by atoms with Crippen molar-refractivity contribution in [2.75, 3.05) is 26.9 Å². The normalized spacial score (nSPS) is 16.6.